The number of likely N-dealkylation sites (tertiary alicyclic amines) is 1. The summed E-state index contributed by atoms with van der Waals surface area (Å²) in [4.78, 5) is 14.2. The van der Waals surface area contributed by atoms with Gasteiger partial charge >= 0.3 is 6.09 Å². The van der Waals surface area contributed by atoms with Crippen molar-refractivity contribution in [2.24, 2.45) is 5.73 Å². The van der Waals surface area contributed by atoms with Gasteiger partial charge in [0.05, 0.1) is 12.1 Å². The van der Waals surface area contributed by atoms with E-state index >= 15 is 0 Å². The van der Waals surface area contributed by atoms with Gasteiger partial charge in [-0.3, -0.25) is 0 Å². The van der Waals surface area contributed by atoms with E-state index in [9.17, 15) is 4.79 Å². The molecule has 1 amide bonds. The molecule has 4 heteroatoms. The van der Waals surface area contributed by atoms with E-state index in [2.05, 4.69) is 0 Å². The molecule has 0 aromatic heterocycles. The van der Waals surface area contributed by atoms with E-state index in [4.69, 9.17) is 10.5 Å². The molecule has 2 N–H and O–H groups in total. The topological polar surface area (TPSA) is 55.6 Å². The molecule has 1 saturated heterocycles. The van der Waals surface area contributed by atoms with Crippen LogP contribution in [0.15, 0.2) is 30.3 Å². The lowest BCUT2D eigenvalue weighted by molar-refractivity contribution is 0.00649. The zero-order valence-electron chi connectivity index (χ0n) is 13.2. The molecular weight excluding hydrogens is 264 g/mol. The van der Waals surface area contributed by atoms with E-state index in [-0.39, 0.29) is 18.2 Å². The Bertz CT molecular complexity index is 467. The molecule has 1 aromatic carbocycles. The Labute approximate surface area is 127 Å². The Balaban J connectivity index is 2.13. The van der Waals surface area contributed by atoms with Crippen LogP contribution in [0, 0.1) is 0 Å². The van der Waals surface area contributed by atoms with Gasteiger partial charge in [0.2, 0.25) is 0 Å². The van der Waals surface area contributed by atoms with Crippen LogP contribution in [0.4, 0.5) is 4.79 Å². The number of piperidine rings is 1. The number of carbonyl (C=O) groups excluding carboxylic acids is 1. The van der Waals surface area contributed by atoms with E-state index in [1.165, 1.54) is 0 Å². The quantitative estimate of drug-likeness (QED) is 0.907. The van der Waals surface area contributed by atoms with Gasteiger partial charge in [0.25, 0.3) is 0 Å². The van der Waals surface area contributed by atoms with Gasteiger partial charge in [-0.15, -0.1) is 0 Å². The minimum atomic E-state index is -0.476. The SMILES string of the molecule is CC(C)(C)OC(=O)N1CCCC[C@H]1[C@@H](N)c1ccccc1. The number of hydrogen-bond acceptors (Lipinski definition) is 3. The fourth-order valence-corrected chi connectivity index (χ4v) is 2.78. The van der Waals surface area contributed by atoms with Crippen molar-refractivity contribution in [1.29, 1.82) is 0 Å². The molecule has 0 aliphatic carbocycles. The summed E-state index contributed by atoms with van der Waals surface area (Å²) in [6.07, 6.45) is 2.79. The van der Waals surface area contributed by atoms with E-state index in [1.807, 2.05) is 56.0 Å². The summed E-state index contributed by atoms with van der Waals surface area (Å²) >= 11 is 0. The van der Waals surface area contributed by atoms with Gasteiger partial charge in [-0.1, -0.05) is 30.3 Å². The van der Waals surface area contributed by atoms with Crippen molar-refractivity contribution in [3.63, 3.8) is 0 Å². The summed E-state index contributed by atoms with van der Waals surface area (Å²) in [6.45, 7) is 6.39. The molecule has 1 heterocycles. The number of ether oxygens (including phenoxy) is 1. The Hall–Kier alpha value is -1.55. The molecule has 2 rings (SSSR count). The molecule has 1 aliphatic heterocycles. The third kappa shape index (κ3) is 4.21. The highest BCUT2D eigenvalue weighted by Gasteiger charge is 2.34. The van der Waals surface area contributed by atoms with E-state index < -0.39 is 5.60 Å². The lowest BCUT2D eigenvalue weighted by Crippen LogP contribution is -2.50. The second-order valence-electron chi connectivity index (χ2n) is 6.67. The molecule has 4 nitrogen and oxygen atoms in total. The van der Waals surface area contributed by atoms with E-state index in [0.29, 0.717) is 0 Å². The average Bonchev–Trinajstić information content (AvgIpc) is 2.45. The first kappa shape index (κ1) is 15.8. The molecule has 0 radical (unpaired) electrons. The van der Waals surface area contributed by atoms with Crippen LogP contribution < -0.4 is 5.73 Å². The summed E-state index contributed by atoms with van der Waals surface area (Å²) in [5.74, 6) is 0. The Morgan fingerprint density at radius 3 is 2.57 bits per heavy atom. The zero-order valence-corrected chi connectivity index (χ0v) is 13.2. The van der Waals surface area contributed by atoms with Gasteiger partial charge in [0.1, 0.15) is 5.60 Å². The van der Waals surface area contributed by atoms with Gasteiger partial charge in [0, 0.05) is 6.54 Å². The normalized spacial score (nSPS) is 21.0. The number of benzene rings is 1. The molecule has 1 fully saturated rings. The number of hydrogen-bond donors (Lipinski definition) is 1. The van der Waals surface area contributed by atoms with Crippen molar-refractivity contribution < 1.29 is 9.53 Å². The number of amides is 1. The van der Waals surface area contributed by atoms with Crippen LogP contribution in [-0.4, -0.2) is 29.2 Å². The number of carbonyl (C=O) groups is 1. The number of nitrogens with two attached hydrogens (primary N) is 1. The van der Waals surface area contributed by atoms with Crippen LogP contribution in [0.2, 0.25) is 0 Å². The monoisotopic (exact) mass is 290 g/mol. The van der Waals surface area contributed by atoms with Crippen LogP contribution in [0.5, 0.6) is 0 Å². The van der Waals surface area contributed by atoms with E-state index in [1.54, 1.807) is 0 Å². The highest BCUT2D eigenvalue weighted by molar-refractivity contribution is 5.69. The maximum atomic E-state index is 12.4. The molecule has 0 unspecified atom stereocenters. The standard InChI is InChI=1S/C17H26N2O2/c1-17(2,3)21-16(20)19-12-8-7-11-14(19)15(18)13-9-5-4-6-10-13/h4-6,9-10,14-15H,7-8,11-12,18H2,1-3H3/t14-,15-/m0/s1. The van der Waals surface area contributed by atoms with Gasteiger partial charge in [-0.2, -0.15) is 0 Å². The van der Waals surface area contributed by atoms with Crippen LogP contribution in [0.1, 0.15) is 51.6 Å². The lowest BCUT2D eigenvalue weighted by Gasteiger charge is -2.39. The molecule has 116 valence electrons. The van der Waals surface area contributed by atoms with Gasteiger partial charge < -0.3 is 15.4 Å². The van der Waals surface area contributed by atoms with Gasteiger partial charge in [-0.25, -0.2) is 4.79 Å². The van der Waals surface area contributed by atoms with Crippen LogP contribution in [0.25, 0.3) is 0 Å². The number of rotatable bonds is 2. The van der Waals surface area contributed by atoms with Crippen molar-refractivity contribution in [1.82, 2.24) is 4.90 Å². The van der Waals surface area contributed by atoms with Crippen molar-refractivity contribution >= 4 is 6.09 Å². The van der Waals surface area contributed by atoms with Crippen LogP contribution in [0.3, 0.4) is 0 Å². The van der Waals surface area contributed by atoms with Crippen molar-refractivity contribution in [2.75, 3.05) is 6.54 Å². The Morgan fingerprint density at radius 2 is 1.95 bits per heavy atom. The summed E-state index contributed by atoms with van der Waals surface area (Å²) < 4.78 is 5.52. The molecule has 0 spiro atoms. The molecule has 0 saturated carbocycles. The first-order valence-corrected chi connectivity index (χ1v) is 7.68. The first-order chi connectivity index (χ1) is 9.88. The third-order valence-electron chi connectivity index (χ3n) is 3.78. The second kappa shape index (κ2) is 6.48. The van der Waals surface area contributed by atoms with Crippen LogP contribution >= 0.6 is 0 Å². The smallest absolute Gasteiger partial charge is 0.410 e. The fourth-order valence-electron chi connectivity index (χ4n) is 2.78. The zero-order chi connectivity index (χ0) is 15.5. The maximum Gasteiger partial charge on any atom is 0.410 e. The van der Waals surface area contributed by atoms with Gasteiger partial charge in [-0.05, 0) is 45.6 Å². The molecule has 1 aliphatic rings. The fraction of sp³-hybridized carbons (Fsp3) is 0.588. The minimum Gasteiger partial charge on any atom is -0.444 e. The highest BCUT2D eigenvalue weighted by atomic mass is 16.6. The highest BCUT2D eigenvalue weighted by Crippen LogP contribution is 2.28. The summed E-state index contributed by atoms with van der Waals surface area (Å²) in [6, 6.07) is 9.82. The summed E-state index contributed by atoms with van der Waals surface area (Å²) in [7, 11) is 0. The number of nitrogens with zero attached hydrogens (tertiary/aromatic N) is 1. The lowest BCUT2D eigenvalue weighted by atomic mass is 9.92. The van der Waals surface area contributed by atoms with E-state index in [0.717, 1.165) is 31.4 Å². The summed E-state index contributed by atoms with van der Waals surface area (Å²) in [5, 5.41) is 0. The van der Waals surface area contributed by atoms with Crippen molar-refractivity contribution in [3.8, 4) is 0 Å². The van der Waals surface area contributed by atoms with Crippen molar-refractivity contribution in [3.05, 3.63) is 35.9 Å². The summed E-state index contributed by atoms with van der Waals surface area (Å²) in [5.41, 5.74) is 7.00. The Kier molecular flexibility index (Phi) is 4.88. The van der Waals surface area contributed by atoms with Crippen LogP contribution in [-0.2, 0) is 4.74 Å². The third-order valence-corrected chi connectivity index (χ3v) is 3.78. The predicted molar refractivity (Wildman–Crippen MR) is 83.9 cm³/mol. The first-order valence-electron chi connectivity index (χ1n) is 7.68. The second-order valence-corrected chi connectivity index (χ2v) is 6.67. The molecular formula is C17H26N2O2. The van der Waals surface area contributed by atoms with Crippen molar-refractivity contribution in [2.45, 2.75) is 57.7 Å². The minimum absolute atomic E-state index is 0.0102. The largest absolute Gasteiger partial charge is 0.444 e. The average molecular weight is 290 g/mol. The maximum absolute atomic E-state index is 12.4. The molecule has 2 atom stereocenters. The molecule has 1 aromatic rings. The van der Waals surface area contributed by atoms with Gasteiger partial charge in [0.15, 0.2) is 0 Å². The Morgan fingerprint density at radius 1 is 1.29 bits per heavy atom. The molecule has 21 heavy (non-hydrogen) atoms. The molecule has 0 bridgehead atoms. The predicted octanol–water partition coefficient (Wildman–Crippen LogP) is 3.48.